The molecule has 0 radical (unpaired) electrons. The summed E-state index contributed by atoms with van der Waals surface area (Å²) in [6.07, 6.45) is 7.40. The highest BCUT2D eigenvalue weighted by Gasteiger charge is 2.45. The predicted octanol–water partition coefficient (Wildman–Crippen LogP) is 4.36. The van der Waals surface area contributed by atoms with E-state index in [0.717, 1.165) is 11.1 Å². The van der Waals surface area contributed by atoms with E-state index in [2.05, 4.69) is 12.2 Å². The standard InChI is InChI=1S/C26H28O4/c1-28-18-21-12-13-22-24(29-16-19-8-4-2-5-9-19)15-14-23(27)25(22)26(21)30-17-20-10-6-3-7-11-20/h2-15,21-22,24-26H,16-18H2,1H3/t21-,22-,24-,25-,26+/m1/s1. The lowest BCUT2D eigenvalue weighted by Gasteiger charge is -2.42. The highest BCUT2D eigenvalue weighted by Crippen LogP contribution is 2.38. The van der Waals surface area contributed by atoms with E-state index in [1.165, 1.54) is 0 Å². The van der Waals surface area contributed by atoms with Crippen molar-refractivity contribution in [2.45, 2.75) is 25.4 Å². The number of methoxy groups -OCH3 is 1. The van der Waals surface area contributed by atoms with Crippen LogP contribution in [0.1, 0.15) is 11.1 Å². The van der Waals surface area contributed by atoms with Gasteiger partial charge in [-0.3, -0.25) is 4.79 Å². The van der Waals surface area contributed by atoms with Crippen LogP contribution < -0.4 is 0 Å². The zero-order valence-electron chi connectivity index (χ0n) is 17.2. The number of hydrogen-bond donors (Lipinski definition) is 0. The van der Waals surface area contributed by atoms with E-state index in [9.17, 15) is 4.79 Å². The summed E-state index contributed by atoms with van der Waals surface area (Å²) >= 11 is 0. The molecule has 5 atom stereocenters. The molecule has 0 spiro atoms. The monoisotopic (exact) mass is 404 g/mol. The summed E-state index contributed by atoms with van der Waals surface area (Å²) in [6, 6.07) is 20.2. The largest absolute Gasteiger partial charge is 0.384 e. The average molecular weight is 405 g/mol. The van der Waals surface area contributed by atoms with Crippen LogP contribution in [-0.2, 0) is 32.2 Å². The minimum absolute atomic E-state index is 0.0326. The summed E-state index contributed by atoms with van der Waals surface area (Å²) in [5.41, 5.74) is 2.21. The number of carbonyl (C=O) groups excluding carboxylic acids is 1. The van der Waals surface area contributed by atoms with E-state index in [1.54, 1.807) is 13.2 Å². The molecule has 4 rings (SSSR count). The van der Waals surface area contributed by atoms with Crippen LogP contribution in [0.3, 0.4) is 0 Å². The van der Waals surface area contributed by atoms with Crippen LogP contribution >= 0.6 is 0 Å². The first-order valence-electron chi connectivity index (χ1n) is 10.5. The third-order valence-electron chi connectivity index (χ3n) is 5.86. The second-order valence-electron chi connectivity index (χ2n) is 7.89. The SMILES string of the molecule is COC[C@H]1C=C[C@H]2[C@H](C(=O)C=C[C@H]2OCc2ccccc2)[C@H]1OCc1ccccc1. The highest BCUT2D eigenvalue weighted by atomic mass is 16.5. The molecule has 2 aliphatic rings. The van der Waals surface area contributed by atoms with E-state index in [1.807, 2.05) is 66.7 Å². The maximum atomic E-state index is 12.9. The molecule has 0 unspecified atom stereocenters. The molecule has 4 heteroatoms. The average Bonchev–Trinajstić information content (AvgIpc) is 2.79. The highest BCUT2D eigenvalue weighted by molar-refractivity contribution is 5.94. The fourth-order valence-electron chi connectivity index (χ4n) is 4.35. The zero-order valence-corrected chi connectivity index (χ0v) is 17.2. The summed E-state index contributed by atoms with van der Waals surface area (Å²) in [7, 11) is 1.68. The molecule has 2 aliphatic carbocycles. The van der Waals surface area contributed by atoms with Crippen molar-refractivity contribution in [1.82, 2.24) is 0 Å². The smallest absolute Gasteiger partial charge is 0.161 e. The first-order valence-corrected chi connectivity index (χ1v) is 10.5. The van der Waals surface area contributed by atoms with Gasteiger partial charge in [-0.05, 0) is 17.2 Å². The summed E-state index contributed by atoms with van der Waals surface area (Å²) in [5, 5.41) is 0. The quantitative estimate of drug-likeness (QED) is 0.613. The fourth-order valence-corrected chi connectivity index (χ4v) is 4.35. The topological polar surface area (TPSA) is 44.8 Å². The summed E-state index contributed by atoms with van der Waals surface area (Å²) in [6.45, 7) is 1.50. The molecule has 0 fully saturated rings. The Labute approximate surface area is 178 Å². The number of ether oxygens (including phenoxy) is 3. The van der Waals surface area contributed by atoms with Gasteiger partial charge in [0.1, 0.15) is 0 Å². The number of rotatable bonds is 8. The maximum Gasteiger partial charge on any atom is 0.161 e. The maximum absolute atomic E-state index is 12.9. The van der Waals surface area contributed by atoms with E-state index in [0.29, 0.717) is 19.8 Å². The molecule has 4 nitrogen and oxygen atoms in total. The molecular weight excluding hydrogens is 376 g/mol. The van der Waals surface area contributed by atoms with Crippen molar-refractivity contribution in [3.8, 4) is 0 Å². The number of fused-ring (bicyclic) bond motifs is 1. The van der Waals surface area contributed by atoms with Gasteiger partial charge in [-0.15, -0.1) is 0 Å². The van der Waals surface area contributed by atoms with Gasteiger partial charge < -0.3 is 14.2 Å². The third-order valence-corrected chi connectivity index (χ3v) is 5.86. The van der Waals surface area contributed by atoms with Crippen molar-refractivity contribution in [3.05, 3.63) is 96.1 Å². The second-order valence-corrected chi connectivity index (χ2v) is 7.89. The molecular formula is C26H28O4. The van der Waals surface area contributed by atoms with Crippen LogP contribution in [0.15, 0.2) is 85.0 Å². The minimum atomic E-state index is -0.273. The Balaban J connectivity index is 1.51. The van der Waals surface area contributed by atoms with Gasteiger partial charge in [0.2, 0.25) is 0 Å². The van der Waals surface area contributed by atoms with Gasteiger partial charge in [-0.1, -0.05) is 78.9 Å². The molecule has 2 aromatic carbocycles. The molecule has 0 saturated heterocycles. The molecule has 0 bridgehead atoms. The van der Waals surface area contributed by atoms with Crippen LogP contribution in [0.2, 0.25) is 0 Å². The Kier molecular flexibility index (Phi) is 6.90. The Morgan fingerprint density at radius 2 is 1.43 bits per heavy atom. The molecule has 0 amide bonds. The molecule has 0 saturated carbocycles. The Morgan fingerprint density at radius 3 is 2.07 bits per heavy atom. The van der Waals surface area contributed by atoms with Gasteiger partial charge in [0, 0.05) is 18.9 Å². The second kappa shape index (κ2) is 9.98. The van der Waals surface area contributed by atoms with Crippen LogP contribution in [0.4, 0.5) is 0 Å². The summed E-state index contributed by atoms with van der Waals surface area (Å²) in [4.78, 5) is 12.9. The zero-order chi connectivity index (χ0) is 20.8. The Morgan fingerprint density at radius 1 is 0.800 bits per heavy atom. The first-order chi connectivity index (χ1) is 14.8. The normalized spacial score (nSPS) is 27.8. The number of hydrogen-bond acceptors (Lipinski definition) is 4. The van der Waals surface area contributed by atoms with Gasteiger partial charge in [-0.25, -0.2) is 0 Å². The van der Waals surface area contributed by atoms with E-state index in [-0.39, 0.29) is 35.7 Å². The molecule has 2 aromatic rings. The summed E-state index contributed by atoms with van der Waals surface area (Å²) < 4.78 is 18.0. The van der Waals surface area contributed by atoms with E-state index in [4.69, 9.17) is 14.2 Å². The predicted molar refractivity (Wildman–Crippen MR) is 116 cm³/mol. The van der Waals surface area contributed by atoms with Gasteiger partial charge in [0.25, 0.3) is 0 Å². The lowest BCUT2D eigenvalue weighted by molar-refractivity contribution is -0.136. The van der Waals surface area contributed by atoms with Gasteiger partial charge >= 0.3 is 0 Å². The van der Waals surface area contributed by atoms with Crippen LogP contribution in [-0.4, -0.2) is 31.7 Å². The molecule has 0 heterocycles. The van der Waals surface area contributed by atoms with Crippen molar-refractivity contribution in [3.63, 3.8) is 0 Å². The molecule has 0 aromatic heterocycles. The number of benzene rings is 2. The van der Waals surface area contributed by atoms with Crippen molar-refractivity contribution < 1.29 is 19.0 Å². The van der Waals surface area contributed by atoms with Crippen LogP contribution in [0.25, 0.3) is 0 Å². The fraction of sp³-hybridized carbons (Fsp3) is 0.346. The van der Waals surface area contributed by atoms with E-state index < -0.39 is 0 Å². The minimum Gasteiger partial charge on any atom is -0.384 e. The van der Waals surface area contributed by atoms with Crippen molar-refractivity contribution in [2.24, 2.45) is 17.8 Å². The van der Waals surface area contributed by atoms with Gasteiger partial charge in [-0.2, -0.15) is 0 Å². The van der Waals surface area contributed by atoms with Crippen molar-refractivity contribution in [1.29, 1.82) is 0 Å². The van der Waals surface area contributed by atoms with Crippen LogP contribution in [0.5, 0.6) is 0 Å². The van der Waals surface area contributed by atoms with E-state index >= 15 is 0 Å². The lowest BCUT2D eigenvalue weighted by atomic mass is 9.69. The van der Waals surface area contributed by atoms with Crippen molar-refractivity contribution in [2.75, 3.05) is 13.7 Å². The first kappa shape index (κ1) is 20.7. The molecule has 30 heavy (non-hydrogen) atoms. The third kappa shape index (κ3) is 4.78. The van der Waals surface area contributed by atoms with Gasteiger partial charge in [0.05, 0.1) is 37.9 Å². The number of ketones is 1. The Hall–Kier alpha value is -2.53. The van der Waals surface area contributed by atoms with Crippen LogP contribution in [0, 0.1) is 17.8 Å². The molecule has 0 N–H and O–H groups in total. The Bertz CT molecular complexity index is 874. The summed E-state index contributed by atoms with van der Waals surface area (Å²) in [5.74, 6) is -0.182. The van der Waals surface area contributed by atoms with Crippen molar-refractivity contribution >= 4 is 5.78 Å². The number of carbonyl (C=O) groups is 1. The molecule has 0 aliphatic heterocycles. The molecule has 156 valence electrons. The lowest BCUT2D eigenvalue weighted by Crippen LogP contribution is -2.49. The number of allylic oxidation sites excluding steroid dienone is 1. The van der Waals surface area contributed by atoms with Gasteiger partial charge in [0.15, 0.2) is 5.78 Å².